The number of morpholine rings is 1. The summed E-state index contributed by atoms with van der Waals surface area (Å²) in [4.78, 5) is 15.2. The van der Waals surface area contributed by atoms with E-state index in [9.17, 15) is 13.2 Å². The van der Waals surface area contributed by atoms with Crippen molar-refractivity contribution >= 4 is 15.9 Å². The number of nitrogens with zero attached hydrogens (tertiary/aromatic N) is 2. The highest BCUT2D eigenvalue weighted by Gasteiger charge is 2.31. The zero-order valence-corrected chi connectivity index (χ0v) is 18.8. The van der Waals surface area contributed by atoms with Crippen LogP contribution in [0.15, 0.2) is 17.0 Å². The number of carbonyl (C=O) groups is 1. The van der Waals surface area contributed by atoms with Crippen molar-refractivity contribution in [2.24, 2.45) is 0 Å². The number of methoxy groups -OCH3 is 2. The summed E-state index contributed by atoms with van der Waals surface area (Å²) in [7, 11) is 1.09. The van der Waals surface area contributed by atoms with E-state index in [2.05, 4.69) is 17.1 Å². The van der Waals surface area contributed by atoms with E-state index in [4.69, 9.17) is 14.2 Å². The molecule has 1 aliphatic heterocycles. The first-order valence-corrected chi connectivity index (χ1v) is 11.6. The van der Waals surface area contributed by atoms with E-state index in [1.165, 1.54) is 43.5 Å². The number of amides is 1. The van der Waals surface area contributed by atoms with Gasteiger partial charge in [0.1, 0.15) is 0 Å². The lowest BCUT2D eigenvalue weighted by Crippen LogP contribution is -2.41. The maximum atomic E-state index is 13.1. The molecule has 1 unspecified atom stereocenters. The van der Waals surface area contributed by atoms with Crippen molar-refractivity contribution < 1.29 is 27.4 Å². The van der Waals surface area contributed by atoms with Crippen molar-refractivity contribution in [3.63, 3.8) is 0 Å². The molecule has 1 N–H and O–H groups in total. The lowest BCUT2D eigenvalue weighted by Gasteiger charge is -2.27. The van der Waals surface area contributed by atoms with Gasteiger partial charge in [0.15, 0.2) is 11.5 Å². The number of nitrogens with one attached hydrogen (secondary N) is 1. The first kappa shape index (κ1) is 22.8. The van der Waals surface area contributed by atoms with Crippen molar-refractivity contribution in [1.82, 2.24) is 14.5 Å². The molecule has 1 saturated carbocycles. The molecule has 0 aromatic heterocycles. The number of rotatable bonds is 9. The Morgan fingerprint density at radius 2 is 1.93 bits per heavy atom. The molecule has 0 radical (unpaired) electrons. The molecule has 1 aliphatic carbocycles. The highest BCUT2D eigenvalue weighted by Crippen LogP contribution is 2.35. The summed E-state index contributed by atoms with van der Waals surface area (Å²) in [5.74, 6) is -0.000478. The van der Waals surface area contributed by atoms with E-state index in [0.717, 1.165) is 0 Å². The van der Waals surface area contributed by atoms with Crippen LogP contribution in [0.1, 0.15) is 30.1 Å². The van der Waals surface area contributed by atoms with E-state index in [0.29, 0.717) is 25.8 Å². The predicted molar refractivity (Wildman–Crippen MR) is 112 cm³/mol. The summed E-state index contributed by atoms with van der Waals surface area (Å²) in [5.41, 5.74) is 0.130. The van der Waals surface area contributed by atoms with E-state index in [1.54, 1.807) is 0 Å². The van der Waals surface area contributed by atoms with Gasteiger partial charge >= 0.3 is 0 Å². The van der Waals surface area contributed by atoms with Gasteiger partial charge in [-0.2, -0.15) is 4.31 Å². The molecule has 1 atom stereocenters. The zero-order valence-electron chi connectivity index (χ0n) is 18.0. The van der Waals surface area contributed by atoms with Crippen molar-refractivity contribution in [2.45, 2.75) is 36.7 Å². The quantitative estimate of drug-likeness (QED) is 0.609. The van der Waals surface area contributed by atoms with Gasteiger partial charge < -0.3 is 19.5 Å². The fourth-order valence-corrected chi connectivity index (χ4v) is 4.96. The van der Waals surface area contributed by atoms with Gasteiger partial charge in [-0.25, -0.2) is 8.42 Å². The number of likely N-dealkylation sites (N-methyl/N-ethyl adjacent to an activating group) is 1. The Morgan fingerprint density at radius 3 is 2.50 bits per heavy atom. The van der Waals surface area contributed by atoms with Crippen molar-refractivity contribution in [1.29, 1.82) is 0 Å². The minimum atomic E-state index is -3.79. The highest BCUT2D eigenvalue weighted by molar-refractivity contribution is 7.89. The molecular formula is C20H31N3O6S. The summed E-state index contributed by atoms with van der Waals surface area (Å²) in [6.45, 7) is 3.71. The fourth-order valence-electron chi connectivity index (χ4n) is 3.51. The molecule has 168 valence electrons. The maximum absolute atomic E-state index is 13.1. The number of hydrogen-bond acceptors (Lipinski definition) is 7. The SMILES string of the molecule is COc1cc(S(=O)(=O)N2CCOCC2)cc(C(=O)NCC(C)N(C)C2CC2)c1OC. The van der Waals surface area contributed by atoms with Crippen molar-refractivity contribution in [3.8, 4) is 11.5 Å². The first-order valence-electron chi connectivity index (χ1n) is 10.1. The van der Waals surface area contributed by atoms with Crippen LogP contribution in [-0.4, -0.2) is 89.7 Å². The Bertz CT molecular complexity index is 866. The van der Waals surface area contributed by atoms with Gasteiger partial charge in [0.05, 0.1) is 37.9 Å². The lowest BCUT2D eigenvalue weighted by atomic mass is 10.1. The van der Waals surface area contributed by atoms with E-state index < -0.39 is 15.9 Å². The molecular weight excluding hydrogens is 410 g/mol. The van der Waals surface area contributed by atoms with Gasteiger partial charge in [-0.05, 0) is 32.9 Å². The van der Waals surface area contributed by atoms with Crippen LogP contribution >= 0.6 is 0 Å². The molecule has 1 heterocycles. The van der Waals surface area contributed by atoms with Gasteiger partial charge in [-0.1, -0.05) is 0 Å². The third-order valence-electron chi connectivity index (χ3n) is 5.68. The normalized spacial score (nSPS) is 18.8. The summed E-state index contributed by atoms with van der Waals surface area (Å²) >= 11 is 0. The first-order chi connectivity index (χ1) is 14.3. The fraction of sp³-hybridized carbons (Fsp3) is 0.650. The van der Waals surface area contributed by atoms with Crippen LogP contribution in [-0.2, 0) is 14.8 Å². The molecule has 9 nitrogen and oxygen atoms in total. The molecule has 10 heteroatoms. The van der Waals surface area contributed by atoms with E-state index in [1.807, 2.05) is 7.05 Å². The Balaban J connectivity index is 1.86. The van der Waals surface area contributed by atoms with E-state index >= 15 is 0 Å². The smallest absolute Gasteiger partial charge is 0.255 e. The van der Waals surface area contributed by atoms with Gasteiger partial charge in [-0.3, -0.25) is 9.69 Å². The van der Waals surface area contributed by atoms with Crippen LogP contribution in [0.3, 0.4) is 0 Å². The molecule has 1 saturated heterocycles. The van der Waals surface area contributed by atoms with Crippen LogP contribution in [0, 0.1) is 0 Å². The predicted octanol–water partition coefficient (Wildman–Crippen LogP) is 0.937. The van der Waals surface area contributed by atoms with Gasteiger partial charge in [-0.15, -0.1) is 0 Å². The van der Waals surface area contributed by atoms with Crippen LogP contribution in [0.5, 0.6) is 11.5 Å². The zero-order chi connectivity index (χ0) is 21.9. The lowest BCUT2D eigenvalue weighted by molar-refractivity contribution is 0.0730. The average Bonchev–Trinajstić information content (AvgIpc) is 3.61. The molecule has 1 amide bonds. The van der Waals surface area contributed by atoms with Gasteiger partial charge in [0.25, 0.3) is 5.91 Å². The van der Waals surface area contributed by atoms with Crippen LogP contribution in [0.4, 0.5) is 0 Å². The Kier molecular flexibility index (Phi) is 7.22. The summed E-state index contributed by atoms with van der Waals surface area (Å²) < 4.78 is 43.5. The van der Waals surface area contributed by atoms with Gasteiger partial charge in [0.2, 0.25) is 10.0 Å². The van der Waals surface area contributed by atoms with Crippen LogP contribution < -0.4 is 14.8 Å². The largest absolute Gasteiger partial charge is 0.493 e. The molecule has 2 fully saturated rings. The Labute approximate surface area is 178 Å². The molecule has 3 rings (SSSR count). The van der Waals surface area contributed by atoms with Crippen LogP contribution in [0.2, 0.25) is 0 Å². The second kappa shape index (κ2) is 9.51. The Hall–Kier alpha value is -1.88. The third kappa shape index (κ3) is 4.88. The number of hydrogen-bond donors (Lipinski definition) is 1. The second-order valence-corrected chi connectivity index (χ2v) is 9.62. The van der Waals surface area contributed by atoms with Crippen molar-refractivity contribution in [3.05, 3.63) is 17.7 Å². The average molecular weight is 442 g/mol. The molecule has 30 heavy (non-hydrogen) atoms. The molecule has 2 aliphatic rings. The highest BCUT2D eigenvalue weighted by atomic mass is 32.2. The van der Waals surface area contributed by atoms with E-state index in [-0.39, 0.29) is 41.1 Å². The van der Waals surface area contributed by atoms with Crippen LogP contribution in [0.25, 0.3) is 0 Å². The standard InChI is InChI=1S/C20H31N3O6S/c1-14(22(2)15-5-6-15)13-21-20(24)17-11-16(12-18(27-3)19(17)28-4)30(25,26)23-7-9-29-10-8-23/h11-12,14-15H,5-10,13H2,1-4H3,(H,21,24). The number of carbonyl (C=O) groups excluding carboxylic acids is 1. The minimum Gasteiger partial charge on any atom is -0.493 e. The monoisotopic (exact) mass is 441 g/mol. The molecule has 1 aromatic rings. The van der Waals surface area contributed by atoms with Crippen molar-refractivity contribution in [2.75, 3.05) is 54.1 Å². The third-order valence-corrected chi connectivity index (χ3v) is 7.56. The van der Waals surface area contributed by atoms with Gasteiger partial charge in [0, 0.05) is 37.8 Å². The number of benzene rings is 1. The summed E-state index contributed by atoms with van der Waals surface area (Å²) in [6, 6.07) is 3.49. The minimum absolute atomic E-state index is 0.00431. The molecule has 1 aromatic carbocycles. The number of sulfonamides is 1. The topological polar surface area (TPSA) is 97.4 Å². The summed E-state index contributed by atoms with van der Waals surface area (Å²) in [5, 5.41) is 2.90. The molecule has 0 bridgehead atoms. The second-order valence-electron chi connectivity index (χ2n) is 7.68. The number of ether oxygens (including phenoxy) is 3. The maximum Gasteiger partial charge on any atom is 0.255 e. The Morgan fingerprint density at radius 1 is 1.27 bits per heavy atom. The molecule has 0 spiro atoms. The summed E-state index contributed by atoms with van der Waals surface area (Å²) in [6.07, 6.45) is 2.36.